The molecule has 1 saturated carbocycles. The molecule has 6 heteroatoms. The second-order valence-electron chi connectivity index (χ2n) is 9.62. The number of ether oxygens (including phenoxy) is 1. The molecule has 3 aliphatic rings. The van der Waals surface area contributed by atoms with Crippen molar-refractivity contribution in [3.8, 4) is 0 Å². The number of nitrogens with one attached hydrogen (secondary N) is 2. The third-order valence-electron chi connectivity index (χ3n) is 7.16. The van der Waals surface area contributed by atoms with Gasteiger partial charge in [0, 0.05) is 24.8 Å². The predicted octanol–water partition coefficient (Wildman–Crippen LogP) is 4.41. The molecule has 6 nitrogen and oxygen atoms in total. The number of rotatable bonds is 4. The molecule has 162 valence electrons. The van der Waals surface area contributed by atoms with Crippen molar-refractivity contribution in [2.24, 2.45) is 0 Å². The fraction of sp³-hybridized carbons (Fsp3) is 0.520. The van der Waals surface area contributed by atoms with Gasteiger partial charge in [-0.15, -0.1) is 0 Å². The normalized spacial score (nSPS) is 29.1. The van der Waals surface area contributed by atoms with Crippen molar-refractivity contribution in [1.82, 2.24) is 19.9 Å². The zero-order chi connectivity index (χ0) is 20.9. The zero-order valence-corrected chi connectivity index (χ0v) is 18.3. The Morgan fingerprint density at radius 1 is 1.06 bits per heavy atom. The van der Waals surface area contributed by atoms with Gasteiger partial charge >= 0.3 is 0 Å². The van der Waals surface area contributed by atoms with Gasteiger partial charge in [0.2, 0.25) is 0 Å². The lowest BCUT2D eigenvalue weighted by Gasteiger charge is -2.45. The molecule has 2 aromatic heterocycles. The predicted molar refractivity (Wildman–Crippen MR) is 122 cm³/mol. The van der Waals surface area contributed by atoms with Gasteiger partial charge in [0.15, 0.2) is 0 Å². The van der Waals surface area contributed by atoms with Crippen LogP contribution in [0.25, 0.3) is 11.0 Å². The highest BCUT2D eigenvalue weighted by atomic mass is 16.5. The number of benzene rings is 1. The number of morpholine rings is 1. The number of aryl methyl sites for hydroxylation is 1. The van der Waals surface area contributed by atoms with Crippen molar-refractivity contribution >= 4 is 16.9 Å². The topological polar surface area (TPSA) is 66.1 Å². The number of anilines is 1. The summed E-state index contributed by atoms with van der Waals surface area (Å²) in [6.07, 6.45) is 7.01. The van der Waals surface area contributed by atoms with Crippen molar-refractivity contribution < 1.29 is 4.74 Å². The van der Waals surface area contributed by atoms with Crippen LogP contribution in [0.15, 0.2) is 36.7 Å². The highest BCUT2D eigenvalue weighted by molar-refractivity contribution is 5.88. The molecule has 2 aliphatic carbocycles. The molecule has 3 heterocycles. The molecule has 6 rings (SSSR count). The van der Waals surface area contributed by atoms with Crippen LogP contribution >= 0.6 is 0 Å². The summed E-state index contributed by atoms with van der Waals surface area (Å²) in [5.74, 6) is 1.61. The monoisotopic (exact) mass is 417 g/mol. The summed E-state index contributed by atoms with van der Waals surface area (Å²) in [7, 11) is 0. The third-order valence-corrected chi connectivity index (χ3v) is 7.16. The molecular formula is C25H31N5O. The molecule has 1 aliphatic heterocycles. The third kappa shape index (κ3) is 3.62. The summed E-state index contributed by atoms with van der Waals surface area (Å²) in [6, 6.07) is 11.8. The first-order valence-corrected chi connectivity index (χ1v) is 11.7. The van der Waals surface area contributed by atoms with Gasteiger partial charge in [0.1, 0.15) is 17.8 Å². The van der Waals surface area contributed by atoms with Crippen molar-refractivity contribution in [2.75, 3.05) is 18.4 Å². The maximum Gasteiger partial charge on any atom is 0.143 e. The van der Waals surface area contributed by atoms with E-state index in [0.29, 0.717) is 12.0 Å². The van der Waals surface area contributed by atoms with Crippen LogP contribution in [0.2, 0.25) is 0 Å². The molecule has 1 saturated heterocycles. The van der Waals surface area contributed by atoms with E-state index in [-0.39, 0.29) is 18.2 Å². The van der Waals surface area contributed by atoms with Gasteiger partial charge in [-0.2, -0.15) is 0 Å². The lowest BCUT2D eigenvalue weighted by molar-refractivity contribution is -0.0840. The van der Waals surface area contributed by atoms with Gasteiger partial charge in [-0.25, -0.2) is 9.97 Å². The summed E-state index contributed by atoms with van der Waals surface area (Å²) in [5.41, 5.74) is 5.09. The molecule has 0 bridgehead atoms. The second kappa shape index (κ2) is 7.61. The Bertz CT molecular complexity index is 1080. The minimum Gasteiger partial charge on any atom is -0.373 e. The number of hydrogen-bond donors (Lipinski definition) is 2. The molecule has 4 atom stereocenters. The zero-order valence-electron chi connectivity index (χ0n) is 18.3. The fourth-order valence-electron chi connectivity index (χ4n) is 5.64. The van der Waals surface area contributed by atoms with E-state index in [0.717, 1.165) is 42.8 Å². The summed E-state index contributed by atoms with van der Waals surface area (Å²) in [5, 5.41) is 4.98. The molecule has 3 aromatic rings. The Morgan fingerprint density at radius 3 is 2.68 bits per heavy atom. The maximum atomic E-state index is 6.03. The quantitative estimate of drug-likeness (QED) is 0.658. The van der Waals surface area contributed by atoms with E-state index in [1.807, 2.05) is 0 Å². The van der Waals surface area contributed by atoms with Crippen LogP contribution in [0.1, 0.15) is 61.9 Å². The number of fused-ring (bicyclic) bond motifs is 2. The van der Waals surface area contributed by atoms with E-state index in [2.05, 4.69) is 64.4 Å². The van der Waals surface area contributed by atoms with E-state index < -0.39 is 0 Å². The van der Waals surface area contributed by atoms with E-state index in [9.17, 15) is 0 Å². The molecule has 0 spiro atoms. The Morgan fingerprint density at radius 2 is 1.87 bits per heavy atom. The number of hydrogen-bond acceptors (Lipinski definition) is 5. The van der Waals surface area contributed by atoms with Crippen LogP contribution in [-0.2, 0) is 11.2 Å². The lowest BCUT2D eigenvalue weighted by Crippen LogP contribution is -2.54. The smallest absolute Gasteiger partial charge is 0.143 e. The molecule has 1 aromatic carbocycles. The highest BCUT2D eigenvalue weighted by Gasteiger charge is 2.37. The highest BCUT2D eigenvalue weighted by Crippen LogP contribution is 2.42. The van der Waals surface area contributed by atoms with Crippen molar-refractivity contribution in [2.45, 2.75) is 69.7 Å². The molecule has 0 amide bonds. The molecule has 0 unspecified atom stereocenters. The Labute approximate surface area is 183 Å². The van der Waals surface area contributed by atoms with Crippen LogP contribution in [0.3, 0.4) is 0 Å². The van der Waals surface area contributed by atoms with Crippen LogP contribution in [0.5, 0.6) is 0 Å². The van der Waals surface area contributed by atoms with Gasteiger partial charge in [-0.05, 0) is 62.6 Å². The number of H-pyrrole nitrogens is 1. The van der Waals surface area contributed by atoms with Crippen LogP contribution in [-0.4, -0.2) is 51.2 Å². The SMILES string of the molecule is C[C@@H]1CN([C@H]2CCc3ccccc3[C@@H]2Nc2ncnc3[nH]c(C4CC4)cc23)C[C@H](C)O1. The average Bonchev–Trinajstić information content (AvgIpc) is 3.52. The van der Waals surface area contributed by atoms with Gasteiger partial charge in [-0.1, -0.05) is 24.3 Å². The van der Waals surface area contributed by atoms with Gasteiger partial charge < -0.3 is 15.0 Å². The van der Waals surface area contributed by atoms with Crippen molar-refractivity contribution in [1.29, 1.82) is 0 Å². The number of aromatic amines is 1. The Hall–Kier alpha value is -2.44. The van der Waals surface area contributed by atoms with E-state index in [1.165, 1.54) is 29.7 Å². The van der Waals surface area contributed by atoms with Gasteiger partial charge in [0.25, 0.3) is 0 Å². The van der Waals surface area contributed by atoms with Crippen LogP contribution in [0.4, 0.5) is 5.82 Å². The second-order valence-corrected chi connectivity index (χ2v) is 9.62. The van der Waals surface area contributed by atoms with Crippen LogP contribution < -0.4 is 5.32 Å². The number of nitrogens with zero attached hydrogens (tertiary/aromatic N) is 3. The van der Waals surface area contributed by atoms with Gasteiger partial charge in [0.05, 0.1) is 23.6 Å². The minimum absolute atomic E-state index is 0.194. The molecule has 2 fully saturated rings. The van der Waals surface area contributed by atoms with E-state index in [1.54, 1.807) is 6.33 Å². The first-order chi connectivity index (χ1) is 15.2. The Kier molecular flexibility index (Phi) is 4.73. The first-order valence-electron chi connectivity index (χ1n) is 11.7. The fourth-order valence-corrected chi connectivity index (χ4v) is 5.64. The summed E-state index contributed by atoms with van der Waals surface area (Å²) >= 11 is 0. The van der Waals surface area contributed by atoms with Crippen molar-refractivity contribution in [3.05, 3.63) is 53.5 Å². The van der Waals surface area contributed by atoms with E-state index in [4.69, 9.17) is 9.72 Å². The molecular weight excluding hydrogens is 386 g/mol. The molecule has 31 heavy (non-hydrogen) atoms. The maximum absolute atomic E-state index is 6.03. The summed E-state index contributed by atoms with van der Waals surface area (Å²) in [4.78, 5) is 15.4. The lowest BCUT2D eigenvalue weighted by atomic mass is 9.82. The largest absolute Gasteiger partial charge is 0.373 e. The average molecular weight is 418 g/mol. The summed E-state index contributed by atoms with van der Waals surface area (Å²) in [6.45, 7) is 6.33. The van der Waals surface area contributed by atoms with Crippen molar-refractivity contribution in [3.63, 3.8) is 0 Å². The van der Waals surface area contributed by atoms with Gasteiger partial charge in [-0.3, -0.25) is 4.90 Å². The molecule has 0 radical (unpaired) electrons. The minimum atomic E-state index is 0.194. The van der Waals surface area contributed by atoms with Crippen LogP contribution in [0, 0.1) is 0 Å². The first kappa shape index (κ1) is 19.3. The van der Waals surface area contributed by atoms with E-state index >= 15 is 0 Å². The standard InChI is InChI=1S/C25H31N5O/c1-15-12-30(13-16(2)31-15)22-10-9-17-5-3-4-6-19(17)23(22)29-25-20-11-21(18-7-8-18)28-24(20)26-14-27-25/h3-6,11,14-16,18,22-23H,7-10,12-13H2,1-2H3,(H2,26,27,28,29)/t15-,16+,22-,23-/m0/s1. The molecule has 2 N–H and O–H groups in total. The number of aromatic nitrogens is 3. The summed E-state index contributed by atoms with van der Waals surface area (Å²) < 4.78 is 6.03. The Balaban J connectivity index is 1.38.